The molecule has 0 fully saturated rings. The molecule has 0 unspecified atom stereocenters. The molecule has 0 aliphatic carbocycles. The van der Waals surface area contributed by atoms with Crippen molar-refractivity contribution >= 4 is 28.6 Å². The van der Waals surface area contributed by atoms with Crippen molar-refractivity contribution in [2.45, 2.75) is 13.5 Å². The van der Waals surface area contributed by atoms with Gasteiger partial charge in [0.2, 0.25) is 0 Å². The quantitative estimate of drug-likeness (QED) is 0.496. The third-order valence-electron chi connectivity index (χ3n) is 4.15. The van der Waals surface area contributed by atoms with E-state index in [1.807, 2.05) is 72.7 Å². The molecule has 0 bridgehead atoms. The Morgan fingerprint density at radius 3 is 2.74 bits per heavy atom. The van der Waals surface area contributed by atoms with Crippen LogP contribution in [0.5, 0.6) is 0 Å². The van der Waals surface area contributed by atoms with Gasteiger partial charge in [0.05, 0.1) is 22.5 Å². The van der Waals surface area contributed by atoms with Gasteiger partial charge in [-0.3, -0.25) is 4.79 Å². The Hall–Kier alpha value is -2.77. The minimum Gasteiger partial charge on any atom is -0.337 e. The zero-order chi connectivity index (χ0) is 18.8. The van der Waals surface area contributed by atoms with Gasteiger partial charge in [0.25, 0.3) is 5.91 Å². The Morgan fingerprint density at radius 2 is 2.00 bits per heavy atom. The van der Waals surface area contributed by atoms with Crippen LogP contribution in [0.3, 0.4) is 0 Å². The fourth-order valence-corrected chi connectivity index (χ4v) is 4.64. The maximum Gasteiger partial charge on any atom is 0.265 e. The van der Waals surface area contributed by atoms with Crippen molar-refractivity contribution in [3.63, 3.8) is 0 Å². The summed E-state index contributed by atoms with van der Waals surface area (Å²) in [6.07, 6.45) is 3.75. The number of carbonyl (C=O) groups excluding carboxylic acids is 1. The number of thiophene rings is 1. The van der Waals surface area contributed by atoms with Gasteiger partial charge in [-0.15, -0.1) is 22.7 Å². The molecule has 3 heterocycles. The molecule has 27 heavy (non-hydrogen) atoms. The summed E-state index contributed by atoms with van der Waals surface area (Å²) in [5.74, 6) is -0.0136. The van der Waals surface area contributed by atoms with Crippen molar-refractivity contribution in [3.05, 3.63) is 76.4 Å². The summed E-state index contributed by atoms with van der Waals surface area (Å²) < 4.78 is 1.82. The van der Waals surface area contributed by atoms with Crippen LogP contribution in [0.4, 0.5) is 0 Å². The third kappa shape index (κ3) is 3.70. The van der Waals surface area contributed by atoms with Gasteiger partial charge >= 0.3 is 0 Å². The van der Waals surface area contributed by atoms with Gasteiger partial charge in [0.15, 0.2) is 0 Å². The number of aromatic nitrogens is 3. The van der Waals surface area contributed by atoms with Gasteiger partial charge < -0.3 is 4.90 Å². The smallest absolute Gasteiger partial charge is 0.265 e. The monoisotopic (exact) mass is 394 g/mol. The molecule has 1 amide bonds. The summed E-state index contributed by atoms with van der Waals surface area (Å²) in [6, 6.07) is 13.9. The molecule has 0 spiro atoms. The molecule has 7 heteroatoms. The second kappa shape index (κ2) is 7.46. The molecule has 5 nitrogen and oxygen atoms in total. The van der Waals surface area contributed by atoms with Crippen LogP contribution in [0, 0.1) is 6.92 Å². The maximum absolute atomic E-state index is 12.9. The van der Waals surface area contributed by atoms with E-state index in [2.05, 4.69) is 10.1 Å². The lowest BCUT2D eigenvalue weighted by molar-refractivity contribution is 0.0789. The van der Waals surface area contributed by atoms with Crippen molar-refractivity contribution in [3.8, 4) is 15.6 Å². The van der Waals surface area contributed by atoms with E-state index in [9.17, 15) is 4.79 Å². The van der Waals surface area contributed by atoms with Crippen LogP contribution in [-0.4, -0.2) is 32.6 Å². The van der Waals surface area contributed by atoms with Crippen molar-refractivity contribution in [1.82, 2.24) is 19.7 Å². The summed E-state index contributed by atoms with van der Waals surface area (Å²) in [5, 5.41) is 7.31. The van der Waals surface area contributed by atoms with Crippen molar-refractivity contribution in [1.29, 1.82) is 0 Å². The Balaban J connectivity index is 1.50. The number of aryl methyl sites for hydroxylation is 1. The van der Waals surface area contributed by atoms with Crippen LogP contribution < -0.4 is 0 Å². The molecule has 0 N–H and O–H groups in total. The van der Waals surface area contributed by atoms with Gasteiger partial charge in [-0.2, -0.15) is 5.10 Å². The highest BCUT2D eigenvalue weighted by Crippen LogP contribution is 2.31. The molecular weight excluding hydrogens is 376 g/mol. The Bertz CT molecular complexity index is 1050. The van der Waals surface area contributed by atoms with Crippen molar-refractivity contribution in [2.75, 3.05) is 7.05 Å². The molecule has 3 aromatic heterocycles. The number of benzene rings is 1. The highest BCUT2D eigenvalue weighted by molar-refractivity contribution is 7.22. The highest BCUT2D eigenvalue weighted by atomic mass is 32.1. The van der Waals surface area contributed by atoms with E-state index in [4.69, 9.17) is 0 Å². The summed E-state index contributed by atoms with van der Waals surface area (Å²) in [6.45, 7) is 2.39. The predicted molar refractivity (Wildman–Crippen MR) is 110 cm³/mol. The van der Waals surface area contributed by atoms with E-state index in [0.717, 1.165) is 26.8 Å². The molecule has 4 aromatic rings. The Labute approximate surface area is 165 Å². The number of para-hydroxylation sites is 1. The lowest BCUT2D eigenvalue weighted by Crippen LogP contribution is -2.25. The predicted octanol–water partition coefficient (Wildman–Crippen LogP) is 4.64. The Morgan fingerprint density at radius 1 is 1.19 bits per heavy atom. The zero-order valence-electron chi connectivity index (χ0n) is 15.0. The van der Waals surface area contributed by atoms with E-state index >= 15 is 0 Å². The standard InChI is InChI=1S/C20H18N4OS2/c1-14-18(27-19(22-14)17-9-6-10-26-17)20(25)23(2)12-15-11-21-24(13-15)16-7-4-3-5-8-16/h3-11,13H,12H2,1-2H3. The normalized spacial score (nSPS) is 10.9. The number of nitrogens with zero attached hydrogens (tertiary/aromatic N) is 4. The summed E-state index contributed by atoms with van der Waals surface area (Å²) >= 11 is 3.09. The number of amides is 1. The average molecular weight is 395 g/mol. The summed E-state index contributed by atoms with van der Waals surface area (Å²) in [4.78, 5) is 21.0. The first-order chi connectivity index (χ1) is 13.1. The molecule has 0 radical (unpaired) electrons. The molecule has 0 saturated heterocycles. The van der Waals surface area contributed by atoms with Crippen LogP contribution in [0.2, 0.25) is 0 Å². The van der Waals surface area contributed by atoms with Crippen LogP contribution in [0.1, 0.15) is 20.9 Å². The fraction of sp³-hybridized carbons (Fsp3) is 0.150. The zero-order valence-corrected chi connectivity index (χ0v) is 16.6. The molecule has 0 saturated carbocycles. The first-order valence-electron chi connectivity index (χ1n) is 8.47. The first kappa shape index (κ1) is 17.6. The topological polar surface area (TPSA) is 51.0 Å². The van der Waals surface area contributed by atoms with E-state index in [-0.39, 0.29) is 5.91 Å². The Kier molecular flexibility index (Phi) is 4.87. The second-order valence-corrected chi connectivity index (χ2v) is 8.15. The van der Waals surface area contributed by atoms with Crippen LogP contribution in [0.15, 0.2) is 60.2 Å². The van der Waals surface area contributed by atoms with Crippen molar-refractivity contribution in [2.24, 2.45) is 0 Å². The van der Waals surface area contributed by atoms with Gasteiger partial charge in [0, 0.05) is 25.4 Å². The number of carbonyl (C=O) groups is 1. The van der Waals surface area contributed by atoms with Gasteiger partial charge in [0.1, 0.15) is 9.88 Å². The lowest BCUT2D eigenvalue weighted by atomic mass is 10.3. The van der Waals surface area contributed by atoms with Crippen LogP contribution >= 0.6 is 22.7 Å². The van der Waals surface area contributed by atoms with Crippen molar-refractivity contribution < 1.29 is 4.79 Å². The van der Waals surface area contributed by atoms with Crippen LogP contribution in [0.25, 0.3) is 15.6 Å². The first-order valence-corrected chi connectivity index (χ1v) is 10.2. The summed E-state index contributed by atoms with van der Waals surface area (Å²) in [5.41, 5.74) is 2.76. The molecular formula is C20H18N4OS2. The highest BCUT2D eigenvalue weighted by Gasteiger charge is 2.20. The summed E-state index contributed by atoms with van der Waals surface area (Å²) in [7, 11) is 1.81. The molecule has 4 rings (SSSR count). The average Bonchev–Trinajstić information content (AvgIpc) is 3.42. The second-order valence-electron chi connectivity index (χ2n) is 6.20. The lowest BCUT2D eigenvalue weighted by Gasteiger charge is -2.15. The number of rotatable bonds is 5. The number of hydrogen-bond donors (Lipinski definition) is 0. The fourth-order valence-electron chi connectivity index (χ4n) is 2.78. The number of thiazole rings is 1. The number of hydrogen-bond acceptors (Lipinski definition) is 5. The molecule has 0 atom stereocenters. The van der Waals surface area contributed by atoms with Gasteiger partial charge in [-0.05, 0) is 30.5 Å². The van der Waals surface area contributed by atoms with E-state index in [1.54, 1.807) is 22.4 Å². The van der Waals surface area contributed by atoms with E-state index < -0.39 is 0 Å². The third-order valence-corrected chi connectivity index (χ3v) is 6.33. The van der Waals surface area contributed by atoms with E-state index in [0.29, 0.717) is 11.4 Å². The maximum atomic E-state index is 12.9. The van der Waals surface area contributed by atoms with Gasteiger partial charge in [-0.25, -0.2) is 9.67 Å². The molecule has 136 valence electrons. The minimum atomic E-state index is -0.0136. The minimum absolute atomic E-state index is 0.0136. The van der Waals surface area contributed by atoms with Gasteiger partial charge in [-0.1, -0.05) is 24.3 Å². The van der Waals surface area contributed by atoms with E-state index in [1.165, 1.54) is 11.3 Å². The molecule has 1 aromatic carbocycles. The molecule has 0 aliphatic heterocycles. The molecule has 0 aliphatic rings. The van der Waals surface area contributed by atoms with Crippen LogP contribution in [-0.2, 0) is 6.54 Å². The largest absolute Gasteiger partial charge is 0.337 e. The SMILES string of the molecule is Cc1nc(-c2cccs2)sc1C(=O)N(C)Cc1cnn(-c2ccccc2)c1.